The zero-order chi connectivity index (χ0) is 22.2. The summed E-state index contributed by atoms with van der Waals surface area (Å²) >= 11 is 0. The van der Waals surface area contributed by atoms with E-state index in [-0.39, 0.29) is 23.4 Å². The van der Waals surface area contributed by atoms with Crippen molar-refractivity contribution in [1.82, 2.24) is 5.32 Å². The first-order valence-electron chi connectivity index (χ1n) is 9.99. The maximum absolute atomic E-state index is 12.3. The van der Waals surface area contributed by atoms with Crippen molar-refractivity contribution in [2.75, 3.05) is 6.54 Å². The molecule has 3 aromatic rings. The van der Waals surface area contributed by atoms with E-state index >= 15 is 0 Å². The van der Waals surface area contributed by atoms with E-state index < -0.39 is 5.97 Å². The van der Waals surface area contributed by atoms with Gasteiger partial charge in [0.2, 0.25) is 11.7 Å². The molecule has 7 nitrogen and oxygen atoms in total. The standard InChI is InChI=1S/C24H25N3O4/c1-16(23(28)27-14-13-17-5-3-2-4-6-17)15-20-11-12-21(30-20)24(29)31-19-9-7-18(8-10-19)22(25)26/h2-12,16H,13-15H2,1H3,(H3,25,26)(H,27,28). The number of esters is 1. The van der Waals surface area contributed by atoms with Gasteiger partial charge in [-0.15, -0.1) is 0 Å². The molecule has 0 saturated heterocycles. The number of nitrogens with two attached hydrogens (primary N) is 1. The third-order valence-corrected chi connectivity index (χ3v) is 4.75. The van der Waals surface area contributed by atoms with Crippen molar-refractivity contribution in [3.8, 4) is 5.75 Å². The molecular formula is C24H25N3O4. The number of nitrogens with one attached hydrogen (secondary N) is 2. The predicted molar refractivity (Wildman–Crippen MR) is 117 cm³/mol. The van der Waals surface area contributed by atoms with Crippen LogP contribution in [0.25, 0.3) is 0 Å². The molecule has 0 aliphatic carbocycles. The lowest BCUT2D eigenvalue weighted by molar-refractivity contribution is -0.124. The van der Waals surface area contributed by atoms with Gasteiger partial charge in [-0.25, -0.2) is 4.79 Å². The summed E-state index contributed by atoms with van der Waals surface area (Å²) in [7, 11) is 0. The number of benzene rings is 2. The topological polar surface area (TPSA) is 118 Å². The molecule has 1 atom stereocenters. The van der Waals surface area contributed by atoms with Crippen LogP contribution in [0.1, 0.15) is 34.4 Å². The van der Waals surface area contributed by atoms with Crippen molar-refractivity contribution in [2.45, 2.75) is 19.8 Å². The van der Waals surface area contributed by atoms with Crippen LogP contribution in [0.3, 0.4) is 0 Å². The van der Waals surface area contributed by atoms with E-state index in [1.807, 2.05) is 37.3 Å². The molecule has 0 spiro atoms. The monoisotopic (exact) mass is 419 g/mol. The molecule has 0 fully saturated rings. The second-order valence-electron chi connectivity index (χ2n) is 7.23. The summed E-state index contributed by atoms with van der Waals surface area (Å²) in [5, 5.41) is 10.3. The van der Waals surface area contributed by atoms with Crippen molar-refractivity contribution in [3.05, 3.63) is 89.4 Å². The molecule has 7 heteroatoms. The van der Waals surface area contributed by atoms with Gasteiger partial charge in [-0.05, 0) is 48.4 Å². The van der Waals surface area contributed by atoms with Crippen LogP contribution < -0.4 is 15.8 Å². The molecule has 0 aliphatic heterocycles. The minimum Gasteiger partial charge on any atom is -0.454 e. The normalized spacial score (nSPS) is 11.5. The number of rotatable bonds is 9. The maximum atomic E-state index is 12.3. The Kier molecular flexibility index (Phi) is 7.22. The predicted octanol–water partition coefficient (Wildman–Crippen LogP) is 3.32. The molecule has 0 saturated carbocycles. The molecule has 160 valence electrons. The minimum atomic E-state index is -0.637. The van der Waals surface area contributed by atoms with Crippen LogP contribution in [0, 0.1) is 11.3 Å². The molecule has 0 aliphatic rings. The summed E-state index contributed by atoms with van der Waals surface area (Å²) < 4.78 is 10.8. The summed E-state index contributed by atoms with van der Waals surface area (Å²) in [5.41, 5.74) is 7.11. The Bertz CT molecular complexity index is 1040. The van der Waals surface area contributed by atoms with Gasteiger partial charge in [0.05, 0.1) is 0 Å². The number of hydrogen-bond donors (Lipinski definition) is 3. The molecule has 1 aromatic heterocycles. The Hall–Kier alpha value is -3.87. The second-order valence-corrected chi connectivity index (χ2v) is 7.23. The molecule has 1 amide bonds. The Morgan fingerprint density at radius 1 is 1.06 bits per heavy atom. The average Bonchev–Trinajstić information content (AvgIpc) is 3.23. The number of ether oxygens (including phenoxy) is 1. The summed E-state index contributed by atoms with van der Waals surface area (Å²) in [6, 6.07) is 19.5. The number of furan rings is 1. The molecule has 1 heterocycles. The number of carbonyl (C=O) groups excluding carboxylic acids is 2. The average molecular weight is 419 g/mol. The lowest BCUT2D eigenvalue weighted by Crippen LogP contribution is -2.31. The first-order valence-corrected chi connectivity index (χ1v) is 9.99. The van der Waals surface area contributed by atoms with E-state index in [0.717, 1.165) is 6.42 Å². The molecule has 0 bridgehead atoms. The Balaban J connectivity index is 1.48. The summed E-state index contributed by atoms with van der Waals surface area (Å²) in [6.07, 6.45) is 1.14. The Morgan fingerprint density at radius 2 is 1.77 bits per heavy atom. The van der Waals surface area contributed by atoms with Gasteiger partial charge in [0.15, 0.2) is 0 Å². The molecule has 4 N–H and O–H groups in total. The van der Waals surface area contributed by atoms with Crippen molar-refractivity contribution in [1.29, 1.82) is 5.41 Å². The highest BCUT2D eigenvalue weighted by Crippen LogP contribution is 2.17. The molecular weight excluding hydrogens is 394 g/mol. The van der Waals surface area contributed by atoms with Gasteiger partial charge in [-0.2, -0.15) is 0 Å². The van der Waals surface area contributed by atoms with E-state index in [2.05, 4.69) is 5.32 Å². The smallest absolute Gasteiger partial charge is 0.379 e. The zero-order valence-corrected chi connectivity index (χ0v) is 17.3. The van der Waals surface area contributed by atoms with Crippen LogP contribution in [-0.2, 0) is 17.6 Å². The zero-order valence-electron chi connectivity index (χ0n) is 17.3. The minimum absolute atomic E-state index is 0.0577. The van der Waals surface area contributed by atoms with Crippen LogP contribution in [-0.4, -0.2) is 24.3 Å². The molecule has 2 aromatic carbocycles. The van der Waals surface area contributed by atoms with E-state index in [9.17, 15) is 9.59 Å². The highest BCUT2D eigenvalue weighted by molar-refractivity contribution is 5.95. The van der Waals surface area contributed by atoms with Gasteiger partial charge in [-0.1, -0.05) is 37.3 Å². The fraction of sp³-hybridized carbons (Fsp3) is 0.208. The van der Waals surface area contributed by atoms with Gasteiger partial charge < -0.3 is 20.2 Å². The number of nitrogen functional groups attached to an aromatic ring is 1. The third kappa shape index (κ3) is 6.30. The van der Waals surface area contributed by atoms with Crippen molar-refractivity contribution in [3.63, 3.8) is 0 Å². The summed E-state index contributed by atoms with van der Waals surface area (Å²) in [4.78, 5) is 24.6. The van der Waals surface area contributed by atoms with Crippen molar-refractivity contribution in [2.24, 2.45) is 11.7 Å². The van der Waals surface area contributed by atoms with Gasteiger partial charge in [0.1, 0.15) is 17.3 Å². The largest absolute Gasteiger partial charge is 0.454 e. The summed E-state index contributed by atoms with van der Waals surface area (Å²) in [5.74, 6) is -0.161. The number of amidine groups is 1. The quantitative estimate of drug-likeness (QED) is 0.213. The van der Waals surface area contributed by atoms with Gasteiger partial charge >= 0.3 is 5.97 Å². The van der Waals surface area contributed by atoms with Crippen LogP contribution >= 0.6 is 0 Å². The van der Waals surface area contributed by atoms with Gasteiger partial charge in [0.25, 0.3) is 0 Å². The molecule has 1 unspecified atom stereocenters. The van der Waals surface area contributed by atoms with Gasteiger partial charge in [-0.3, -0.25) is 10.2 Å². The Morgan fingerprint density at radius 3 is 2.45 bits per heavy atom. The van der Waals surface area contributed by atoms with E-state index in [4.69, 9.17) is 20.3 Å². The number of hydrogen-bond acceptors (Lipinski definition) is 5. The fourth-order valence-corrected chi connectivity index (χ4v) is 3.00. The van der Waals surface area contributed by atoms with Crippen LogP contribution in [0.5, 0.6) is 5.75 Å². The fourth-order valence-electron chi connectivity index (χ4n) is 3.00. The third-order valence-electron chi connectivity index (χ3n) is 4.75. The van der Waals surface area contributed by atoms with Crippen molar-refractivity contribution >= 4 is 17.7 Å². The molecule has 3 rings (SSSR count). The number of amides is 1. The van der Waals surface area contributed by atoms with E-state index in [1.54, 1.807) is 30.3 Å². The number of carbonyl (C=O) groups is 2. The lowest BCUT2D eigenvalue weighted by atomic mass is 10.1. The first kappa shape index (κ1) is 21.8. The van der Waals surface area contributed by atoms with Gasteiger partial charge in [0, 0.05) is 24.4 Å². The van der Waals surface area contributed by atoms with Crippen LogP contribution in [0.15, 0.2) is 71.1 Å². The SMILES string of the molecule is CC(Cc1ccc(C(=O)Oc2ccc(C(=N)N)cc2)o1)C(=O)NCCc1ccccc1. The first-order chi connectivity index (χ1) is 14.9. The van der Waals surface area contributed by atoms with Crippen molar-refractivity contribution < 1.29 is 18.7 Å². The van der Waals surface area contributed by atoms with Crippen LogP contribution in [0.2, 0.25) is 0 Å². The Labute approximate surface area is 180 Å². The molecule has 0 radical (unpaired) electrons. The maximum Gasteiger partial charge on any atom is 0.379 e. The van der Waals surface area contributed by atoms with E-state index in [0.29, 0.717) is 30.0 Å². The highest BCUT2D eigenvalue weighted by atomic mass is 16.5. The van der Waals surface area contributed by atoms with E-state index in [1.165, 1.54) is 11.6 Å². The summed E-state index contributed by atoms with van der Waals surface area (Å²) in [6.45, 7) is 2.38. The highest BCUT2D eigenvalue weighted by Gasteiger charge is 2.18. The van der Waals surface area contributed by atoms with Crippen LogP contribution in [0.4, 0.5) is 0 Å². The second kappa shape index (κ2) is 10.2. The molecule has 31 heavy (non-hydrogen) atoms. The lowest BCUT2D eigenvalue weighted by Gasteiger charge is -2.11.